The summed E-state index contributed by atoms with van der Waals surface area (Å²) in [6.07, 6.45) is 3.09. The predicted octanol–water partition coefficient (Wildman–Crippen LogP) is 2.78. The fraction of sp³-hybridized carbons (Fsp3) is 0.500. The Morgan fingerprint density at radius 3 is 2.37 bits per heavy atom. The standard InChI is InChI=1S/C20H28N4O3/c1-5-6-9-12-24-19(27)15-11-8-7-10-14(15)17(23-24)18(26)22-21-16(25)13-20(2,3)4/h7-8,10-11H,5-6,9,12-13H2,1-4H3,(H,21,25)(H,22,26). The van der Waals surface area contributed by atoms with Gasteiger partial charge in [-0.05, 0) is 17.9 Å². The van der Waals surface area contributed by atoms with Crippen LogP contribution in [0.3, 0.4) is 0 Å². The first-order valence-electron chi connectivity index (χ1n) is 9.32. The molecule has 2 rings (SSSR count). The van der Waals surface area contributed by atoms with Gasteiger partial charge in [0.05, 0.1) is 5.39 Å². The van der Waals surface area contributed by atoms with E-state index >= 15 is 0 Å². The van der Waals surface area contributed by atoms with Crippen molar-refractivity contribution >= 4 is 22.6 Å². The maximum atomic E-state index is 12.6. The maximum Gasteiger partial charge on any atom is 0.290 e. The Balaban J connectivity index is 2.27. The van der Waals surface area contributed by atoms with Crippen LogP contribution in [0.1, 0.15) is 63.9 Å². The first-order chi connectivity index (χ1) is 12.7. The smallest absolute Gasteiger partial charge is 0.273 e. The van der Waals surface area contributed by atoms with E-state index in [9.17, 15) is 14.4 Å². The average Bonchev–Trinajstić information content (AvgIpc) is 2.60. The summed E-state index contributed by atoms with van der Waals surface area (Å²) in [6, 6.07) is 6.88. The Hall–Kier alpha value is -2.70. The highest BCUT2D eigenvalue weighted by Crippen LogP contribution is 2.17. The van der Waals surface area contributed by atoms with Crippen molar-refractivity contribution in [3.05, 3.63) is 40.3 Å². The lowest BCUT2D eigenvalue weighted by atomic mass is 9.92. The molecule has 0 aliphatic heterocycles. The van der Waals surface area contributed by atoms with E-state index in [4.69, 9.17) is 0 Å². The summed E-state index contributed by atoms with van der Waals surface area (Å²) in [5.74, 6) is -0.825. The van der Waals surface area contributed by atoms with Crippen LogP contribution in [0.15, 0.2) is 29.1 Å². The first-order valence-corrected chi connectivity index (χ1v) is 9.32. The van der Waals surface area contributed by atoms with Gasteiger partial charge in [0.1, 0.15) is 0 Å². The Morgan fingerprint density at radius 1 is 1.07 bits per heavy atom. The number of hydrogen-bond acceptors (Lipinski definition) is 4. The van der Waals surface area contributed by atoms with Crippen molar-refractivity contribution in [2.45, 2.75) is 59.9 Å². The van der Waals surface area contributed by atoms with Crippen molar-refractivity contribution in [1.29, 1.82) is 0 Å². The molecule has 2 N–H and O–H groups in total. The molecule has 0 atom stereocenters. The number of aryl methyl sites for hydroxylation is 1. The lowest BCUT2D eigenvalue weighted by Crippen LogP contribution is -2.43. The zero-order chi connectivity index (χ0) is 20.0. The molecule has 0 radical (unpaired) electrons. The number of nitrogens with zero attached hydrogens (tertiary/aromatic N) is 2. The number of hydrazine groups is 1. The number of benzene rings is 1. The molecule has 0 bridgehead atoms. The van der Waals surface area contributed by atoms with Crippen molar-refractivity contribution in [3.8, 4) is 0 Å². The van der Waals surface area contributed by atoms with Gasteiger partial charge in [0, 0.05) is 18.4 Å². The van der Waals surface area contributed by atoms with E-state index in [2.05, 4.69) is 22.9 Å². The molecule has 1 aromatic heterocycles. The van der Waals surface area contributed by atoms with Gasteiger partial charge in [0.2, 0.25) is 5.91 Å². The van der Waals surface area contributed by atoms with E-state index < -0.39 is 5.91 Å². The summed E-state index contributed by atoms with van der Waals surface area (Å²) < 4.78 is 1.34. The van der Waals surface area contributed by atoms with Crippen molar-refractivity contribution < 1.29 is 9.59 Å². The fourth-order valence-corrected chi connectivity index (χ4v) is 2.78. The quantitative estimate of drug-likeness (QED) is 0.602. The number of carbonyl (C=O) groups is 2. The van der Waals surface area contributed by atoms with Crippen LogP contribution in [0.25, 0.3) is 10.8 Å². The van der Waals surface area contributed by atoms with Crippen LogP contribution in [-0.2, 0) is 11.3 Å². The Kier molecular flexibility index (Phi) is 6.71. The zero-order valence-corrected chi connectivity index (χ0v) is 16.5. The van der Waals surface area contributed by atoms with E-state index in [1.54, 1.807) is 24.3 Å². The number of nitrogens with one attached hydrogen (secondary N) is 2. The van der Waals surface area contributed by atoms with Crippen LogP contribution in [0.2, 0.25) is 0 Å². The molecule has 146 valence electrons. The van der Waals surface area contributed by atoms with Crippen molar-refractivity contribution in [2.75, 3.05) is 0 Å². The monoisotopic (exact) mass is 372 g/mol. The van der Waals surface area contributed by atoms with Crippen LogP contribution in [0.5, 0.6) is 0 Å². The van der Waals surface area contributed by atoms with Gasteiger partial charge >= 0.3 is 0 Å². The average molecular weight is 372 g/mol. The predicted molar refractivity (Wildman–Crippen MR) is 105 cm³/mol. The second-order valence-electron chi connectivity index (χ2n) is 7.87. The van der Waals surface area contributed by atoms with Gasteiger partial charge in [-0.15, -0.1) is 0 Å². The van der Waals surface area contributed by atoms with E-state index in [-0.39, 0.29) is 29.0 Å². The molecule has 7 heteroatoms. The molecular weight excluding hydrogens is 344 g/mol. The highest BCUT2D eigenvalue weighted by atomic mass is 16.2. The number of unbranched alkanes of at least 4 members (excludes halogenated alkanes) is 2. The summed E-state index contributed by atoms with van der Waals surface area (Å²) in [7, 11) is 0. The SMILES string of the molecule is CCCCCn1nc(C(=O)NNC(=O)CC(C)(C)C)c2ccccc2c1=O. The third kappa shape index (κ3) is 5.64. The molecule has 1 aromatic carbocycles. The van der Waals surface area contributed by atoms with E-state index in [0.717, 1.165) is 19.3 Å². The lowest BCUT2D eigenvalue weighted by molar-refractivity contribution is -0.123. The van der Waals surface area contributed by atoms with Crippen LogP contribution < -0.4 is 16.4 Å². The highest BCUT2D eigenvalue weighted by molar-refractivity contribution is 6.05. The van der Waals surface area contributed by atoms with Gasteiger partial charge in [-0.1, -0.05) is 58.7 Å². The molecule has 2 aromatic rings. The molecule has 0 spiro atoms. The number of hydrogen-bond donors (Lipinski definition) is 2. The molecule has 0 saturated carbocycles. The van der Waals surface area contributed by atoms with Crippen molar-refractivity contribution in [3.63, 3.8) is 0 Å². The number of rotatable bonds is 6. The number of carbonyl (C=O) groups excluding carboxylic acids is 2. The molecule has 0 unspecified atom stereocenters. The van der Waals surface area contributed by atoms with Gasteiger partial charge in [-0.2, -0.15) is 5.10 Å². The number of aromatic nitrogens is 2. The fourth-order valence-electron chi connectivity index (χ4n) is 2.78. The normalized spacial score (nSPS) is 11.4. The third-order valence-electron chi connectivity index (χ3n) is 4.06. The second kappa shape index (κ2) is 8.79. The Labute approximate surface area is 159 Å². The van der Waals surface area contributed by atoms with Crippen LogP contribution in [0, 0.1) is 5.41 Å². The molecule has 0 aliphatic rings. The molecule has 27 heavy (non-hydrogen) atoms. The van der Waals surface area contributed by atoms with Gasteiger partial charge in [0.25, 0.3) is 11.5 Å². The molecule has 1 heterocycles. The number of fused-ring (bicyclic) bond motifs is 1. The van der Waals surface area contributed by atoms with Crippen molar-refractivity contribution in [1.82, 2.24) is 20.6 Å². The Bertz CT molecular complexity index is 881. The summed E-state index contributed by atoms with van der Waals surface area (Å²) in [5.41, 5.74) is 4.56. The minimum absolute atomic E-state index is 0.123. The third-order valence-corrected chi connectivity index (χ3v) is 4.06. The molecule has 2 amide bonds. The van der Waals surface area contributed by atoms with Crippen LogP contribution in [-0.4, -0.2) is 21.6 Å². The topological polar surface area (TPSA) is 93.1 Å². The lowest BCUT2D eigenvalue weighted by Gasteiger charge is -2.17. The largest absolute Gasteiger partial charge is 0.290 e. The van der Waals surface area contributed by atoms with E-state index in [1.807, 2.05) is 20.8 Å². The minimum Gasteiger partial charge on any atom is -0.273 e. The summed E-state index contributed by atoms with van der Waals surface area (Å²) in [5, 5.41) is 5.17. The second-order valence-corrected chi connectivity index (χ2v) is 7.87. The molecule has 0 fully saturated rings. The minimum atomic E-state index is -0.544. The number of amides is 2. The zero-order valence-electron chi connectivity index (χ0n) is 16.5. The first kappa shape index (κ1) is 20.6. The van der Waals surface area contributed by atoms with Gasteiger partial charge in [0.15, 0.2) is 5.69 Å². The molecule has 0 saturated heterocycles. The molecular formula is C20H28N4O3. The highest BCUT2D eigenvalue weighted by Gasteiger charge is 2.19. The van der Waals surface area contributed by atoms with Crippen LogP contribution in [0.4, 0.5) is 0 Å². The van der Waals surface area contributed by atoms with E-state index in [0.29, 0.717) is 17.3 Å². The summed E-state index contributed by atoms with van der Waals surface area (Å²) >= 11 is 0. The maximum absolute atomic E-state index is 12.6. The van der Waals surface area contributed by atoms with Crippen LogP contribution >= 0.6 is 0 Å². The van der Waals surface area contributed by atoms with E-state index in [1.165, 1.54) is 4.68 Å². The van der Waals surface area contributed by atoms with Gasteiger partial charge in [-0.3, -0.25) is 25.2 Å². The van der Waals surface area contributed by atoms with Gasteiger partial charge < -0.3 is 0 Å². The Morgan fingerprint density at radius 2 is 1.74 bits per heavy atom. The van der Waals surface area contributed by atoms with Crippen molar-refractivity contribution in [2.24, 2.45) is 5.41 Å². The summed E-state index contributed by atoms with van der Waals surface area (Å²) in [4.78, 5) is 37.2. The molecule has 7 nitrogen and oxygen atoms in total. The summed E-state index contributed by atoms with van der Waals surface area (Å²) in [6.45, 7) is 8.35. The molecule has 0 aliphatic carbocycles. The van der Waals surface area contributed by atoms with Gasteiger partial charge in [-0.25, -0.2) is 4.68 Å².